The number of nitrogen functional groups attached to an aromatic ring is 1. The van der Waals surface area contributed by atoms with Gasteiger partial charge in [-0.3, -0.25) is 9.36 Å². The number of rotatable bonds is 2. The summed E-state index contributed by atoms with van der Waals surface area (Å²) in [5.74, 6) is 0.942. The third kappa shape index (κ3) is 2.08. The number of nitrogens with one attached hydrogen (secondary N) is 1. The zero-order valence-corrected chi connectivity index (χ0v) is 14.4. The normalized spacial score (nSPS) is 13.6. The molecule has 0 unspecified atom stereocenters. The van der Waals surface area contributed by atoms with Crippen LogP contribution in [0.5, 0.6) is 5.75 Å². The Labute approximate surface area is 144 Å². The van der Waals surface area contributed by atoms with Gasteiger partial charge in [-0.25, -0.2) is 9.97 Å². The standard InChI is InChI=1S/C18H19N5O2/c1-9-4-5-12(25-3)10(2)15(9)23-16(19)14-13-11(6-7-20-18(14)24)21-8-22-17(13)23/h4-5,8H,6-7,19H2,1-3H3,(H,20,24). The van der Waals surface area contributed by atoms with Gasteiger partial charge in [-0.05, 0) is 25.5 Å². The maximum Gasteiger partial charge on any atom is 0.255 e. The highest BCUT2D eigenvalue weighted by Gasteiger charge is 2.28. The first-order chi connectivity index (χ1) is 12.0. The molecule has 0 atom stereocenters. The zero-order valence-electron chi connectivity index (χ0n) is 14.4. The Bertz CT molecular complexity index is 1020. The molecule has 25 heavy (non-hydrogen) atoms. The molecule has 0 radical (unpaired) electrons. The summed E-state index contributed by atoms with van der Waals surface area (Å²) >= 11 is 0. The minimum atomic E-state index is -0.187. The lowest BCUT2D eigenvalue weighted by atomic mass is 10.1. The summed E-state index contributed by atoms with van der Waals surface area (Å²) < 4.78 is 7.30. The van der Waals surface area contributed by atoms with Crippen molar-refractivity contribution in [1.82, 2.24) is 19.9 Å². The lowest BCUT2D eigenvalue weighted by molar-refractivity contribution is 0.0958. The number of hydrogen-bond acceptors (Lipinski definition) is 5. The predicted octanol–water partition coefficient (Wildman–Crippen LogP) is 1.91. The van der Waals surface area contributed by atoms with Gasteiger partial charge >= 0.3 is 0 Å². The number of amides is 1. The van der Waals surface area contributed by atoms with Gasteiger partial charge < -0.3 is 15.8 Å². The Morgan fingerprint density at radius 3 is 2.84 bits per heavy atom. The van der Waals surface area contributed by atoms with Crippen molar-refractivity contribution in [3.05, 3.63) is 40.8 Å². The van der Waals surface area contributed by atoms with Gasteiger partial charge in [0, 0.05) is 18.5 Å². The van der Waals surface area contributed by atoms with Crippen LogP contribution in [0, 0.1) is 13.8 Å². The molecule has 3 aromatic rings. The molecular formula is C18H19N5O2. The summed E-state index contributed by atoms with van der Waals surface area (Å²) in [5.41, 5.74) is 11.2. The van der Waals surface area contributed by atoms with Crippen molar-refractivity contribution in [1.29, 1.82) is 0 Å². The average molecular weight is 337 g/mol. The van der Waals surface area contributed by atoms with Crippen LogP contribution in [0.25, 0.3) is 16.7 Å². The van der Waals surface area contributed by atoms with Crippen LogP contribution < -0.4 is 15.8 Å². The Hall–Kier alpha value is -3.09. The Morgan fingerprint density at radius 1 is 1.28 bits per heavy atom. The summed E-state index contributed by atoms with van der Waals surface area (Å²) in [6.07, 6.45) is 2.18. The van der Waals surface area contributed by atoms with Gasteiger partial charge in [-0.2, -0.15) is 0 Å². The molecule has 7 nitrogen and oxygen atoms in total. The number of methoxy groups -OCH3 is 1. The Balaban J connectivity index is 2.16. The van der Waals surface area contributed by atoms with Crippen LogP contribution in [-0.4, -0.2) is 34.1 Å². The van der Waals surface area contributed by atoms with E-state index in [0.29, 0.717) is 30.0 Å². The first-order valence-corrected chi connectivity index (χ1v) is 8.11. The molecule has 128 valence electrons. The molecule has 1 aromatic carbocycles. The predicted molar refractivity (Wildman–Crippen MR) is 95.3 cm³/mol. The monoisotopic (exact) mass is 337 g/mol. The minimum absolute atomic E-state index is 0.187. The van der Waals surface area contributed by atoms with Crippen molar-refractivity contribution in [2.45, 2.75) is 20.3 Å². The van der Waals surface area contributed by atoms with Crippen LogP contribution in [0.15, 0.2) is 18.5 Å². The van der Waals surface area contributed by atoms with E-state index in [-0.39, 0.29) is 5.91 Å². The van der Waals surface area contributed by atoms with E-state index in [1.54, 1.807) is 7.11 Å². The molecule has 0 fully saturated rings. The fraction of sp³-hybridized carbons (Fsp3) is 0.278. The highest BCUT2D eigenvalue weighted by Crippen LogP contribution is 2.37. The third-order valence-electron chi connectivity index (χ3n) is 4.77. The van der Waals surface area contributed by atoms with Crippen LogP contribution in [0.2, 0.25) is 0 Å². The second kappa shape index (κ2) is 5.47. The molecule has 2 aromatic heterocycles. The number of carbonyl (C=O) groups is 1. The molecule has 4 rings (SSSR count). The second-order valence-electron chi connectivity index (χ2n) is 6.18. The van der Waals surface area contributed by atoms with E-state index in [1.165, 1.54) is 6.33 Å². The summed E-state index contributed by atoms with van der Waals surface area (Å²) in [6.45, 7) is 4.51. The van der Waals surface area contributed by atoms with Crippen molar-refractivity contribution >= 4 is 22.8 Å². The molecule has 0 aliphatic carbocycles. The van der Waals surface area contributed by atoms with Gasteiger partial charge in [-0.15, -0.1) is 0 Å². The number of aryl methyl sites for hydroxylation is 1. The van der Waals surface area contributed by atoms with Crippen LogP contribution in [0.1, 0.15) is 27.2 Å². The molecule has 7 heteroatoms. The highest BCUT2D eigenvalue weighted by atomic mass is 16.5. The maximum atomic E-state index is 12.6. The lowest BCUT2D eigenvalue weighted by Crippen LogP contribution is -2.24. The van der Waals surface area contributed by atoms with Crippen molar-refractivity contribution in [2.75, 3.05) is 19.4 Å². The number of nitrogens with two attached hydrogens (primary N) is 1. The van der Waals surface area contributed by atoms with Crippen LogP contribution in [-0.2, 0) is 6.42 Å². The number of benzene rings is 1. The number of aromatic nitrogens is 3. The van der Waals surface area contributed by atoms with Gasteiger partial charge in [0.15, 0.2) is 5.65 Å². The smallest absolute Gasteiger partial charge is 0.255 e. The minimum Gasteiger partial charge on any atom is -0.496 e. The van der Waals surface area contributed by atoms with Gasteiger partial charge in [0.2, 0.25) is 0 Å². The van der Waals surface area contributed by atoms with E-state index >= 15 is 0 Å². The van der Waals surface area contributed by atoms with Crippen molar-refractivity contribution in [3.8, 4) is 11.4 Å². The van der Waals surface area contributed by atoms with Crippen LogP contribution >= 0.6 is 0 Å². The molecule has 0 spiro atoms. The zero-order chi connectivity index (χ0) is 17.7. The van der Waals surface area contributed by atoms with E-state index in [2.05, 4.69) is 15.3 Å². The maximum absolute atomic E-state index is 12.6. The topological polar surface area (TPSA) is 95.1 Å². The summed E-state index contributed by atoms with van der Waals surface area (Å²) in [7, 11) is 1.63. The van der Waals surface area contributed by atoms with E-state index in [1.807, 2.05) is 30.5 Å². The summed E-state index contributed by atoms with van der Waals surface area (Å²) in [5, 5.41) is 3.62. The van der Waals surface area contributed by atoms with E-state index in [9.17, 15) is 4.79 Å². The van der Waals surface area contributed by atoms with E-state index < -0.39 is 0 Å². The van der Waals surface area contributed by atoms with E-state index in [4.69, 9.17) is 10.5 Å². The summed E-state index contributed by atoms with van der Waals surface area (Å²) in [4.78, 5) is 21.4. The molecule has 1 amide bonds. The van der Waals surface area contributed by atoms with E-state index in [0.717, 1.165) is 33.6 Å². The second-order valence-corrected chi connectivity index (χ2v) is 6.18. The largest absolute Gasteiger partial charge is 0.496 e. The van der Waals surface area contributed by atoms with Gasteiger partial charge in [0.05, 0.1) is 29.4 Å². The first-order valence-electron chi connectivity index (χ1n) is 8.11. The first kappa shape index (κ1) is 15.4. The third-order valence-corrected chi connectivity index (χ3v) is 4.77. The molecule has 1 aliphatic heterocycles. The number of ether oxygens (including phenoxy) is 1. The van der Waals surface area contributed by atoms with Crippen LogP contribution in [0.4, 0.5) is 5.82 Å². The Kier molecular flexibility index (Phi) is 3.38. The number of anilines is 1. The number of hydrogen-bond donors (Lipinski definition) is 2. The fourth-order valence-corrected chi connectivity index (χ4v) is 3.60. The quantitative estimate of drug-likeness (QED) is 0.745. The summed E-state index contributed by atoms with van der Waals surface area (Å²) in [6, 6.07) is 3.90. The molecule has 3 heterocycles. The molecule has 0 bridgehead atoms. The lowest BCUT2D eigenvalue weighted by Gasteiger charge is -2.17. The van der Waals surface area contributed by atoms with Gasteiger partial charge in [0.25, 0.3) is 5.91 Å². The van der Waals surface area contributed by atoms with Crippen molar-refractivity contribution < 1.29 is 9.53 Å². The Morgan fingerprint density at radius 2 is 2.08 bits per heavy atom. The SMILES string of the molecule is COc1ccc(C)c(-n2c(N)c3c4c(ncnc42)CCNC3=O)c1C. The molecule has 0 saturated carbocycles. The average Bonchev–Trinajstić information content (AvgIpc) is 2.77. The van der Waals surface area contributed by atoms with Gasteiger partial charge in [-0.1, -0.05) is 6.07 Å². The van der Waals surface area contributed by atoms with Gasteiger partial charge in [0.1, 0.15) is 17.9 Å². The van der Waals surface area contributed by atoms with Crippen molar-refractivity contribution in [2.24, 2.45) is 0 Å². The highest BCUT2D eigenvalue weighted by molar-refractivity contribution is 6.12. The molecule has 0 saturated heterocycles. The number of nitrogens with zero attached hydrogens (tertiary/aromatic N) is 3. The number of carbonyl (C=O) groups excluding carboxylic acids is 1. The fourth-order valence-electron chi connectivity index (χ4n) is 3.60. The van der Waals surface area contributed by atoms with Crippen molar-refractivity contribution in [3.63, 3.8) is 0 Å². The molecule has 1 aliphatic rings. The molecular weight excluding hydrogens is 318 g/mol. The van der Waals surface area contributed by atoms with Crippen LogP contribution in [0.3, 0.4) is 0 Å². The molecule has 3 N–H and O–H groups in total.